The Bertz CT molecular complexity index is 481. The summed E-state index contributed by atoms with van der Waals surface area (Å²) in [5.41, 5.74) is 0. The first-order chi connectivity index (χ1) is 10.6. The summed E-state index contributed by atoms with van der Waals surface area (Å²) in [4.78, 5) is 0. The van der Waals surface area contributed by atoms with Crippen LogP contribution in [0.15, 0.2) is 0 Å². The van der Waals surface area contributed by atoms with Gasteiger partial charge in [0.05, 0.1) is 12.2 Å². The molecule has 0 aromatic carbocycles. The van der Waals surface area contributed by atoms with Crippen LogP contribution in [-0.4, -0.2) is 30.3 Å². The second kappa shape index (κ2) is 4.56. The van der Waals surface area contributed by atoms with Crippen molar-refractivity contribution in [2.75, 3.05) is 0 Å². The Labute approximate surface area is 159 Å². The van der Waals surface area contributed by atoms with Gasteiger partial charge in [0.25, 0.3) is 0 Å². The lowest BCUT2D eigenvalue weighted by Gasteiger charge is -2.32. The standard InChI is InChI=1S/C18H24I2O2/c19-17-11-5-1-3-7(21)9(5)15-13(11)14-12(18(15)20)6-2-4-8(22)10(6)16(14)17/h5-18,21-22H,1-4H2/t5-,6+,7-,8+,9+,10-,11-,12+,13-,14-,15-,16+,17+,18+/m0/s1. The van der Waals surface area contributed by atoms with Crippen molar-refractivity contribution in [3.05, 3.63) is 0 Å². The number of aliphatic hydroxyl groups excluding tert-OH is 2. The quantitative estimate of drug-likeness (QED) is 0.377. The van der Waals surface area contributed by atoms with Crippen LogP contribution in [0.1, 0.15) is 25.7 Å². The molecule has 6 aliphatic rings. The Balaban J connectivity index is 1.49. The van der Waals surface area contributed by atoms with E-state index in [0.29, 0.717) is 11.8 Å². The van der Waals surface area contributed by atoms with Crippen molar-refractivity contribution in [1.29, 1.82) is 0 Å². The molecule has 14 atom stereocenters. The predicted octanol–water partition coefficient (Wildman–Crippen LogP) is 3.12. The van der Waals surface area contributed by atoms with Crippen LogP contribution in [-0.2, 0) is 0 Å². The van der Waals surface area contributed by atoms with Crippen molar-refractivity contribution < 1.29 is 10.2 Å². The second-order valence-electron chi connectivity index (χ2n) is 9.12. The van der Waals surface area contributed by atoms with E-state index >= 15 is 0 Å². The Morgan fingerprint density at radius 1 is 0.500 bits per heavy atom. The third-order valence-electron chi connectivity index (χ3n) is 9.04. The van der Waals surface area contributed by atoms with E-state index in [1.165, 1.54) is 12.8 Å². The van der Waals surface area contributed by atoms with Crippen LogP contribution >= 0.6 is 45.2 Å². The molecule has 0 radical (unpaired) electrons. The van der Waals surface area contributed by atoms with Crippen molar-refractivity contribution in [3.63, 3.8) is 0 Å². The minimum atomic E-state index is -0.0105. The second-order valence-corrected chi connectivity index (χ2v) is 12.0. The smallest absolute Gasteiger partial charge is 0.0574 e. The molecule has 0 aliphatic heterocycles. The average molecular weight is 526 g/mol. The number of aliphatic hydroxyl groups is 2. The third kappa shape index (κ3) is 1.41. The van der Waals surface area contributed by atoms with Gasteiger partial charge in [-0.2, -0.15) is 0 Å². The minimum Gasteiger partial charge on any atom is -0.393 e. The van der Waals surface area contributed by atoms with E-state index in [2.05, 4.69) is 45.2 Å². The van der Waals surface area contributed by atoms with Crippen LogP contribution in [0.3, 0.4) is 0 Å². The number of alkyl halides is 2. The fourth-order valence-electron chi connectivity index (χ4n) is 8.93. The zero-order valence-electron chi connectivity index (χ0n) is 12.6. The summed E-state index contributed by atoms with van der Waals surface area (Å²) >= 11 is 5.56. The maximum Gasteiger partial charge on any atom is 0.0574 e. The van der Waals surface area contributed by atoms with Gasteiger partial charge in [-0.3, -0.25) is 0 Å². The molecule has 0 aromatic rings. The molecule has 0 unspecified atom stereocenters. The number of hydrogen-bond donors (Lipinski definition) is 2. The van der Waals surface area contributed by atoms with Gasteiger partial charge in [0.2, 0.25) is 0 Å². The maximum absolute atomic E-state index is 10.6. The minimum absolute atomic E-state index is 0.0105. The summed E-state index contributed by atoms with van der Waals surface area (Å²) < 4.78 is 1.54. The topological polar surface area (TPSA) is 40.5 Å². The lowest BCUT2D eigenvalue weighted by molar-refractivity contribution is 0.0746. The normalized spacial score (nSPS) is 73.6. The van der Waals surface area contributed by atoms with E-state index in [0.717, 1.165) is 68.0 Å². The Kier molecular flexibility index (Phi) is 3.01. The van der Waals surface area contributed by atoms with Crippen molar-refractivity contribution in [2.45, 2.75) is 45.7 Å². The average Bonchev–Trinajstić information content (AvgIpc) is 3.22. The molecule has 0 bridgehead atoms. The van der Waals surface area contributed by atoms with Crippen molar-refractivity contribution in [1.82, 2.24) is 0 Å². The van der Waals surface area contributed by atoms with Crippen molar-refractivity contribution >= 4 is 45.2 Å². The molecule has 0 saturated heterocycles. The van der Waals surface area contributed by atoms with Gasteiger partial charge >= 0.3 is 0 Å². The SMILES string of the molecule is O[C@@H]1CC[C@H]2[C@H]3[C@@H](I)[C@@H]4[C@@H]5[C@H]3[C@H]([C@H](I)[C@H]5[C@H]3CC[C@H](O)[C@@H]34)[C@@H]21. The molecule has 6 fully saturated rings. The van der Waals surface area contributed by atoms with E-state index in [-0.39, 0.29) is 12.2 Å². The molecule has 6 aliphatic carbocycles. The molecule has 0 amide bonds. The monoisotopic (exact) mass is 526 g/mol. The van der Waals surface area contributed by atoms with Crippen molar-refractivity contribution in [3.8, 4) is 0 Å². The van der Waals surface area contributed by atoms with Gasteiger partial charge in [0.15, 0.2) is 0 Å². The zero-order chi connectivity index (χ0) is 14.9. The maximum atomic E-state index is 10.6. The predicted molar refractivity (Wildman–Crippen MR) is 101 cm³/mol. The zero-order valence-corrected chi connectivity index (χ0v) is 16.9. The van der Waals surface area contributed by atoms with Gasteiger partial charge in [-0.25, -0.2) is 0 Å². The Hall–Kier alpha value is 1.38. The molecular formula is C18H24I2O2. The highest BCUT2D eigenvalue weighted by Gasteiger charge is 2.77. The number of hydrogen-bond acceptors (Lipinski definition) is 2. The van der Waals surface area contributed by atoms with Crippen LogP contribution < -0.4 is 0 Å². The van der Waals surface area contributed by atoms with Gasteiger partial charge in [-0.1, -0.05) is 45.2 Å². The number of halogens is 2. The molecule has 6 saturated carbocycles. The molecule has 0 aromatic heterocycles. The van der Waals surface area contributed by atoms with Gasteiger partial charge in [-0.15, -0.1) is 0 Å². The highest BCUT2D eigenvalue weighted by molar-refractivity contribution is 14.1. The van der Waals surface area contributed by atoms with Crippen molar-refractivity contribution in [2.24, 2.45) is 59.2 Å². The molecule has 0 spiro atoms. The van der Waals surface area contributed by atoms with Gasteiger partial charge in [0.1, 0.15) is 0 Å². The summed E-state index contributed by atoms with van der Waals surface area (Å²) in [6.07, 6.45) is 4.63. The molecule has 22 heavy (non-hydrogen) atoms. The largest absolute Gasteiger partial charge is 0.393 e. The summed E-state index contributed by atoms with van der Waals surface area (Å²) in [5, 5.41) is 21.3. The van der Waals surface area contributed by atoms with E-state index in [4.69, 9.17) is 0 Å². The summed E-state index contributed by atoms with van der Waals surface area (Å²) in [6.45, 7) is 0. The molecule has 4 heteroatoms. The van der Waals surface area contributed by atoms with E-state index in [1.807, 2.05) is 0 Å². The molecular weight excluding hydrogens is 502 g/mol. The van der Waals surface area contributed by atoms with E-state index < -0.39 is 0 Å². The number of fused-ring (bicyclic) bond motifs is 6. The molecule has 122 valence electrons. The molecule has 6 rings (SSSR count). The lowest BCUT2D eigenvalue weighted by atomic mass is 9.79. The van der Waals surface area contributed by atoms with Crippen LogP contribution in [0.2, 0.25) is 0 Å². The van der Waals surface area contributed by atoms with Crippen LogP contribution in [0.4, 0.5) is 0 Å². The Morgan fingerprint density at radius 2 is 0.909 bits per heavy atom. The fraction of sp³-hybridized carbons (Fsp3) is 1.00. The van der Waals surface area contributed by atoms with Gasteiger partial charge in [0, 0.05) is 7.85 Å². The first kappa shape index (κ1) is 14.5. The summed E-state index contributed by atoms with van der Waals surface area (Å²) in [6, 6.07) is 0. The van der Waals surface area contributed by atoms with Crippen LogP contribution in [0.25, 0.3) is 0 Å². The first-order valence-corrected chi connectivity index (χ1v) is 11.7. The summed E-state index contributed by atoms with van der Waals surface area (Å²) in [5.74, 6) is 7.92. The van der Waals surface area contributed by atoms with E-state index in [9.17, 15) is 10.2 Å². The third-order valence-corrected chi connectivity index (χ3v) is 12.4. The summed E-state index contributed by atoms with van der Waals surface area (Å²) in [7, 11) is 0. The Morgan fingerprint density at radius 3 is 1.32 bits per heavy atom. The molecule has 2 N–H and O–H groups in total. The fourth-order valence-corrected chi connectivity index (χ4v) is 12.9. The first-order valence-electron chi connectivity index (χ1n) is 9.25. The molecule has 2 nitrogen and oxygen atoms in total. The lowest BCUT2D eigenvalue weighted by Crippen LogP contribution is -2.34. The van der Waals surface area contributed by atoms with Crippen LogP contribution in [0.5, 0.6) is 0 Å². The molecule has 0 heterocycles. The highest BCUT2D eigenvalue weighted by atomic mass is 127. The number of rotatable bonds is 0. The van der Waals surface area contributed by atoms with Gasteiger partial charge in [-0.05, 0) is 84.9 Å². The highest BCUT2D eigenvalue weighted by Crippen LogP contribution is 2.78. The van der Waals surface area contributed by atoms with Gasteiger partial charge < -0.3 is 10.2 Å². The van der Waals surface area contributed by atoms with Crippen LogP contribution in [0, 0.1) is 59.2 Å². The van der Waals surface area contributed by atoms with E-state index in [1.54, 1.807) is 0 Å².